The van der Waals surface area contributed by atoms with Crippen LogP contribution in [0.15, 0.2) is 35.6 Å². The minimum atomic E-state index is 0.835. The molecule has 23 heavy (non-hydrogen) atoms. The van der Waals surface area contributed by atoms with Crippen molar-refractivity contribution in [2.45, 2.75) is 33.2 Å². The van der Waals surface area contributed by atoms with Gasteiger partial charge in [-0.2, -0.15) is 5.10 Å². The van der Waals surface area contributed by atoms with Gasteiger partial charge < -0.3 is 10.6 Å². The van der Waals surface area contributed by atoms with Crippen LogP contribution in [0.25, 0.3) is 0 Å². The topological polar surface area (TPSA) is 67.1 Å². The van der Waals surface area contributed by atoms with Crippen molar-refractivity contribution in [2.75, 3.05) is 20.1 Å². The lowest BCUT2D eigenvalue weighted by Gasteiger charge is -2.12. The van der Waals surface area contributed by atoms with Gasteiger partial charge in [-0.25, -0.2) is 0 Å². The van der Waals surface area contributed by atoms with E-state index in [4.69, 9.17) is 0 Å². The Balaban J connectivity index is 1.64. The Kier molecular flexibility index (Phi) is 6.59. The molecule has 0 aliphatic heterocycles. The average Bonchev–Trinajstić information content (AvgIpc) is 2.88. The highest BCUT2D eigenvalue weighted by Crippen LogP contribution is 2.02. The average molecular weight is 314 g/mol. The molecular formula is C17H26N6. The Labute approximate surface area is 138 Å². The quantitative estimate of drug-likeness (QED) is 0.464. The highest BCUT2D eigenvalue weighted by Gasteiger charge is 2.01. The number of aliphatic imine (C=N–C) groups is 1. The van der Waals surface area contributed by atoms with E-state index in [9.17, 15) is 0 Å². The molecule has 0 saturated heterocycles. The molecule has 0 amide bonds. The summed E-state index contributed by atoms with van der Waals surface area (Å²) in [7, 11) is 1.79. The molecule has 0 bridgehead atoms. The molecule has 2 N–H and O–H groups in total. The van der Waals surface area contributed by atoms with E-state index in [1.165, 1.54) is 11.3 Å². The van der Waals surface area contributed by atoms with E-state index in [0.717, 1.165) is 44.1 Å². The summed E-state index contributed by atoms with van der Waals surface area (Å²) in [4.78, 5) is 8.36. The minimum absolute atomic E-state index is 0.835. The van der Waals surface area contributed by atoms with Gasteiger partial charge in [-0.3, -0.25) is 14.7 Å². The van der Waals surface area contributed by atoms with Crippen LogP contribution in [-0.4, -0.2) is 40.9 Å². The number of hydrogen-bond donors (Lipinski definition) is 2. The van der Waals surface area contributed by atoms with E-state index < -0.39 is 0 Å². The molecule has 0 aliphatic carbocycles. The molecule has 2 aromatic heterocycles. The number of pyridine rings is 1. The zero-order chi connectivity index (χ0) is 16.5. The van der Waals surface area contributed by atoms with Gasteiger partial charge in [0.25, 0.3) is 0 Å². The van der Waals surface area contributed by atoms with Crippen LogP contribution in [-0.2, 0) is 13.0 Å². The molecule has 124 valence electrons. The number of aromatic nitrogens is 3. The van der Waals surface area contributed by atoms with Crippen molar-refractivity contribution in [3.05, 3.63) is 47.5 Å². The third kappa shape index (κ3) is 5.73. The zero-order valence-electron chi connectivity index (χ0n) is 14.2. The van der Waals surface area contributed by atoms with Gasteiger partial charge in [-0.05, 0) is 44.4 Å². The molecule has 0 saturated carbocycles. The Morgan fingerprint density at radius 3 is 2.74 bits per heavy atom. The smallest absolute Gasteiger partial charge is 0.190 e. The third-order valence-corrected chi connectivity index (χ3v) is 3.60. The van der Waals surface area contributed by atoms with Gasteiger partial charge in [0.2, 0.25) is 0 Å². The van der Waals surface area contributed by atoms with E-state index in [2.05, 4.69) is 49.4 Å². The van der Waals surface area contributed by atoms with Crippen LogP contribution in [0.5, 0.6) is 0 Å². The Morgan fingerprint density at radius 1 is 1.26 bits per heavy atom. The molecule has 0 unspecified atom stereocenters. The largest absolute Gasteiger partial charge is 0.356 e. The minimum Gasteiger partial charge on any atom is -0.356 e. The summed E-state index contributed by atoms with van der Waals surface area (Å²) >= 11 is 0. The molecule has 0 aromatic carbocycles. The molecule has 0 fully saturated rings. The lowest BCUT2D eigenvalue weighted by molar-refractivity contribution is 0.555. The van der Waals surface area contributed by atoms with Crippen molar-refractivity contribution in [1.29, 1.82) is 0 Å². The van der Waals surface area contributed by atoms with Crippen LogP contribution in [0.1, 0.15) is 23.4 Å². The maximum atomic E-state index is 4.47. The summed E-state index contributed by atoms with van der Waals surface area (Å²) in [5.41, 5.74) is 3.50. The molecule has 2 rings (SSSR count). The highest BCUT2D eigenvalue weighted by atomic mass is 15.3. The van der Waals surface area contributed by atoms with E-state index in [-0.39, 0.29) is 0 Å². The Bertz CT molecular complexity index is 617. The van der Waals surface area contributed by atoms with Gasteiger partial charge in [0, 0.05) is 44.8 Å². The van der Waals surface area contributed by atoms with Gasteiger partial charge in [-0.1, -0.05) is 6.07 Å². The van der Waals surface area contributed by atoms with Crippen molar-refractivity contribution in [1.82, 2.24) is 25.4 Å². The van der Waals surface area contributed by atoms with Gasteiger partial charge >= 0.3 is 0 Å². The molecule has 0 aliphatic rings. The molecule has 0 atom stereocenters. The van der Waals surface area contributed by atoms with Crippen molar-refractivity contribution >= 4 is 5.96 Å². The van der Waals surface area contributed by atoms with E-state index in [1.807, 2.05) is 19.2 Å². The van der Waals surface area contributed by atoms with Crippen LogP contribution in [0.2, 0.25) is 0 Å². The van der Waals surface area contributed by atoms with Crippen molar-refractivity contribution in [3.63, 3.8) is 0 Å². The van der Waals surface area contributed by atoms with Crippen molar-refractivity contribution in [3.8, 4) is 0 Å². The lowest BCUT2D eigenvalue weighted by Crippen LogP contribution is -2.39. The molecule has 6 nitrogen and oxygen atoms in total. The summed E-state index contributed by atoms with van der Waals surface area (Å²) in [6, 6.07) is 6.15. The fourth-order valence-electron chi connectivity index (χ4n) is 2.43. The highest BCUT2D eigenvalue weighted by molar-refractivity contribution is 5.79. The molecular weight excluding hydrogens is 288 g/mol. The molecule has 2 heterocycles. The summed E-state index contributed by atoms with van der Waals surface area (Å²) in [6.07, 6.45) is 5.62. The molecule has 6 heteroatoms. The fourth-order valence-corrected chi connectivity index (χ4v) is 2.43. The number of hydrogen-bond acceptors (Lipinski definition) is 3. The summed E-state index contributed by atoms with van der Waals surface area (Å²) < 4.78 is 2.05. The first-order valence-electron chi connectivity index (χ1n) is 8.03. The summed E-state index contributed by atoms with van der Waals surface area (Å²) in [5, 5.41) is 11.1. The van der Waals surface area contributed by atoms with Gasteiger partial charge in [0.1, 0.15) is 0 Å². The molecule has 2 aromatic rings. The van der Waals surface area contributed by atoms with Gasteiger partial charge in [-0.15, -0.1) is 0 Å². The van der Waals surface area contributed by atoms with Crippen molar-refractivity contribution in [2.24, 2.45) is 4.99 Å². The van der Waals surface area contributed by atoms with Crippen LogP contribution in [0.4, 0.5) is 0 Å². The van der Waals surface area contributed by atoms with E-state index in [1.54, 1.807) is 13.2 Å². The second-order valence-corrected chi connectivity index (χ2v) is 5.54. The second kappa shape index (κ2) is 8.92. The van der Waals surface area contributed by atoms with Crippen molar-refractivity contribution < 1.29 is 0 Å². The predicted molar refractivity (Wildman–Crippen MR) is 93.6 cm³/mol. The number of aryl methyl sites for hydroxylation is 3. The first-order chi connectivity index (χ1) is 11.2. The van der Waals surface area contributed by atoms with E-state index in [0.29, 0.717) is 0 Å². The Hall–Kier alpha value is -2.37. The monoisotopic (exact) mass is 314 g/mol. The summed E-state index contributed by atoms with van der Waals surface area (Å²) in [5.74, 6) is 0.835. The SMILES string of the molecule is CN=C(NCCCn1nc(C)cc1C)NCCc1cccnc1. The van der Waals surface area contributed by atoms with E-state index >= 15 is 0 Å². The van der Waals surface area contributed by atoms with Gasteiger partial charge in [0.05, 0.1) is 5.69 Å². The fraction of sp³-hybridized carbons (Fsp3) is 0.471. The zero-order valence-corrected chi connectivity index (χ0v) is 14.2. The number of nitrogens with one attached hydrogen (secondary N) is 2. The Morgan fingerprint density at radius 2 is 2.09 bits per heavy atom. The van der Waals surface area contributed by atoms with Crippen LogP contribution in [0.3, 0.4) is 0 Å². The normalized spacial score (nSPS) is 11.5. The number of rotatable bonds is 7. The number of nitrogens with zero attached hydrogens (tertiary/aromatic N) is 4. The summed E-state index contributed by atoms with van der Waals surface area (Å²) in [6.45, 7) is 6.73. The number of guanidine groups is 1. The standard InChI is InChI=1S/C17H26N6/c1-14-12-15(2)23(22-14)11-5-9-20-17(18-3)21-10-7-16-6-4-8-19-13-16/h4,6,8,12-13H,5,7,9-11H2,1-3H3,(H2,18,20,21). The lowest BCUT2D eigenvalue weighted by atomic mass is 10.2. The molecule has 0 radical (unpaired) electrons. The first-order valence-corrected chi connectivity index (χ1v) is 8.03. The maximum Gasteiger partial charge on any atom is 0.190 e. The molecule has 0 spiro atoms. The maximum absolute atomic E-state index is 4.47. The second-order valence-electron chi connectivity index (χ2n) is 5.54. The van der Waals surface area contributed by atoms with Crippen LogP contribution in [0, 0.1) is 13.8 Å². The van der Waals surface area contributed by atoms with Gasteiger partial charge in [0.15, 0.2) is 5.96 Å². The third-order valence-electron chi connectivity index (χ3n) is 3.60. The first kappa shape index (κ1) is 17.0. The predicted octanol–water partition coefficient (Wildman–Crippen LogP) is 1.69. The van der Waals surface area contributed by atoms with Crippen LogP contribution < -0.4 is 10.6 Å². The van der Waals surface area contributed by atoms with Crippen LogP contribution >= 0.6 is 0 Å².